The predicted molar refractivity (Wildman–Crippen MR) is 115 cm³/mol. The first kappa shape index (κ1) is 20.5. The predicted octanol–water partition coefficient (Wildman–Crippen LogP) is 2.91. The first-order valence-corrected chi connectivity index (χ1v) is 10.4. The highest BCUT2D eigenvalue weighted by molar-refractivity contribution is 5.91. The fourth-order valence-corrected chi connectivity index (χ4v) is 4.05. The minimum absolute atomic E-state index is 0.0912. The Kier molecular flexibility index (Phi) is 5.67. The molecule has 158 valence electrons. The molecule has 2 aromatic heterocycles. The molecule has 31 heavy (non-hydrogen) atoms. The normalized spacial score (nSPS) is 13.6. The third-order valence-corrected chi connectivity index (χ3v) is 5.69. The topological polar surface area (TPSA) is 103 Å². The van der Waals surface area contributed by atoms with Crippen molar-refractivity contribution in [1.29, 1.82) is 5.26 Å². The highest BCUT2D eigenvalue weighted by Crippen LogP contribution is 2.20. The Morgan fingerprint density at radius 3 is 2.90 bits per heavy atom. The number of anilines is 1. The number of hydrogen-bond donors (Lipinski definition) is 1. The van der Waals surface area contributed by atoms with Crippen molar-refractivity contribution >= 4 is 23.1 Å². The number of aromatic nitrogens is 3. The monoisotopic (exact) mass is 416 g/mol. The van der Waals surface area contributed by atoms with Gasteiger partial charge in [0.1, 0.15) is 11.6 Å². The van der Waals surface area contributed by atoms with E-state index in [9.17, 15) is 14.9 Å². The summed E-state index contributed by atoms with van der Waals surface area (Å²) in [6, 6.07) is 9.73. The van der Waals surface area contributed by atoms with Crippen LogP contribution in [0.2, 0.25) is 0 Å². The number of likely N-dealkylation sites (tertiary alicyclic amines) is 1. The third-order valence-electron chi connectivity index (χ3n) is 5.69. The van der Waals surface area contributed by atoms with Crippen molar-refractivity contribution in [1.82, 2.24) is 19.5 Å². The molecule has 0 saturated carbocycles. The Morgan fingerprint density at radius 1 is 1.32 bits per heavy atom. The second-order valence-corrected chi connectivity index (χ2v) is 7.83. The van der Waals surface area contributed by atoms with Gasteiger partial charge < -0.3 is 10.2 Å². The molecule has 1 fully saturated rings. The van der Waals surface area contributed by atoms with Crippen LogP contribution in [0, 0.1) is 25.2 Å². The van der Waals surface area contributed by atoms with E-state index in [2.05, 4.69) is 21.5 Å². The van der Waals surface area contributed by atoms with E-state index in [1.165, 1.54) is 6.20 Å². The van der Waals surface area contributed by atoms with Gasteiger partial charge in [0.25, 0.3) is 0 Å². The molecule has 2 amide bonds. The first-order valence-electron chi connectivity index (χ1n) is 10.4. The summed E-state index contributed by atoms with van der Waals surface area (Å²) in [7, 11) is 0. The molecule has 1 aromatic carbocycles. The number of fused-ring (bicyclic) bond motifs is 1. The zero-order valence-electron chi connectivity index (χ0n) is 17.7. The molecule has 0 aliphatic carbocycles. The lowest BCUT2D eigenvalue weighted by Crippen LogP contribution is -2.23. The van der Waals surface area contributed by atoms with E-state index in [0.717, 1.165) is 41.2 Å². The Labute approximate surface area is 180 Å². The van der Waals surface area contributed by atoms with E-state index < -0.39 is 0 Å². The summed E-state index contributed by atoms with van der Waals surface area (Å²) in [6.07, 6.45) is 3.86. The standard InChI is InChI=1S/C23H24N6O2/c1-15-20(16(2)29-23(26-15)18(12-24)13-25-29)8-9-21(30)27-19-6-3-5-17(11-19)14-28-10-4-7-22(28)31/h3,5-6,11,13H,4,7-10,14H2,1-2H3,(H,27,30). The van der Waals surface area contributed by atoms with Gasteiger partial charge in [-0.25, -0.2) is 9.50 Å². The smallest absolute Gasteiger partial charge is 0.224 e. The lowest BCUT2D eigenvalue weighted by molar-refractivity contribution is -0.128. The SMILES string of the molecule is Cc1nc2c(C#N)cnn2c(C)c1CCC(=O)Nc1cccc(CN2CCCC2=O)c1. The number of nitrogens with zero attached hydrogens (tertiary/aromatic N) is 5. The lowest BCUT2D eigenvalue weighted by Gasteiger charge is -2.16. The van der Waals surface area contributed by atoms with Gasteiger partial charge in [-0.15, -0.1) is 0 Å². The van der Waals surface area contributed by atoms with E-state index in [1.54, 1.807) is 4.52 Å². The van der Waals surface area contributed by atoms with Gasteiger partial charge in [-0.2, -0.15) is 10.4 Å². The lowest BCUT2D eigenvalue weighted by atomic mass is 10.1. The first-order chi connectivity index (χ1) is 15.0. The molecule has 1 N–H and O–H groups in total. The van der Waals surface area contributed by atoms with E-state index in [-0.39, 0.29) is 11.8 Å². The summed E-state index contributed by atoms with van der Waals surface area (Å²) < 4.78 is 1.65. The highest BCUT2D eigenvalue weighted by Gasteiger charge is 2.20. The van der Waals surface area contributed by atoms with Crippen LogP contribution in [0.5, 0.6) is 0 Å². The number of nitrogens with one attached hydrogen (secondary N) is 1. The molecule has 0 spiro atoms. The quantitative estimate of drug-likeness (QED) is 0.665. The Balaban J connectivity index is 1.41. The van der Waals surface area contributed by atoms with Gasteiger partial charge >= 0.3 is 0 Å². The van der Waals surface area contributed by atoms with Crippen LogP contribution >= 0.6 is 0 Å². The van der Waals surface area contributed by atoms with Gasteiger partial charge in [0.2, 0.25) is 11.8 Å². The number of hydrogen-bond acceptors (Lipinski definition) is 5. The van der Waals surface area contributed by atoms with E-state index in [1.807, 2.05) is 43.0 Å². The second-order valence-electron chi connectivity index (χ2n) is 7.83. The molecule has 0 atom stereocenters. The van der Waals surface area contributed by atoms with Crippen molar-refractivity contribution < 1.29 is 9.59 Å². The summed E-state index contributed by atoms with van der Waals surface area (Å²) in [4.78, 5) is 30.8. The average Bonchev–Trinajstić information content (AvgIpc) is 3.34. The Morgan fingerprint density at radius 2 is 2.16 bits per heavy atom. The molecule has 3 heterocycles. The largest absolute Gasteiger partial charge is 0.338 e. The Bertz CT molecular complexity index is 1210. The molecule has 1 aliphatic rings. The summed E-state index contributed by atoms with van der Waals surface area (Å²) in [5.74, 6) is 0.0938. The number of rotatable bonds is 6. The van der Waals surface area contributed by atoms with Crippen LogP contribution in [0.25, 0.3) is 5.65 Å². The minimum atomic E-state index is -0.0912. The number of nitriles is 1. The van der Waals surface area contributed by atoms with E-state index in [4.69, 9.17) is 0 Å². The van der Waals surface area contributed by atoms with Gasteiger partial charge in [0, 0.05) is 43.0 Å². The van der Waals surface area contributed by atoms with Crippen LogP contribution in [0.1, 0.15) is 47.3 Å². The number of aryl methyl sites for hydroxylation is 2. The summed E-state index contributed by atoms with van der Waals surface area (Å²) in [5.41, 5.74) is 5.34. The van der Waals surface area contributed by atoms with Gasteiger partial charge in [-0.3, -0.25) is 9.59 Å². The maximum atomic E-state index is 12.6. The van der Waals surface area contributed by atoms with Crippen molar-refractivity contribution in [2.75, 3.05) is 11.9 Å². The zero-order valence-corrected chi connectivity index (χ0v) is 17.7. The molecule has 0 bridgehead atoms. The molecule has 0 unspecified atom stereocenters. The van der Waals surface area contributed by atoms with Crippen molar-refractivity contribution in [3.63, 3.8) is 0 Å². The van der Waals surface area contributed by atoms with Gasteiger partial charge in [0.15, 0.2) is 5.65 Å². The van der Waals surface area contributed by atoms with Crippen molar-refractivity contribution in [3.8, 4) is 6.07 Å². The molecular weight excluding hydrogens is 392 g/mol. The van der Waals surface area contributed by atoms with Crippen LogP contribution in [-0.4, -0.2) is 37.9 Å². The van der Waals surface area contributed by atoms with Crippen molar-refractivity contribution in [3.05, 3.63) is 58.5 Å². The van der Waals surface area contributed by atoms with E-state index >= 15 is 0 Å². The summed E-state index contributed by atoms with van der Waals surface area (Å²) in [6.45, 7) is 5.17. The van der Waals surface area contributed by atoms with Gasteiger partial charge in [-0.05, 0) is 49.9 Å². The second kappa shape index (κ2) is 8.56. The average molecular weight is 416 g/mol. The molecule has 8 nitrogen and oxygen atoms in total. The molecule has 0 radical (unpaired) electrons. The third kappa shape index (κ3) is 4.26. The maximum Gasteiger partial charge on any atom is 0.224 e. The number of amides is 2. The van der Waals surface area contributed by atoms with Crippen LogP contribution in [0.15, 0.2) is 30.5 Å². The van der Waals surface area contributed by atoms with E-state index in [0.29, 0.717) is 37.0 Å². The van der Waals surface area contributed by atoms with Crippen LogP contribution < -0.4 is 5.32 Å². The highest BCUT2D eigenvalue weighted by atomic mass is 16.2. The molecular formula is C23H24N6O2. The zero-order chi connectivity index (χ0) is 22.0. The van der Waals surface area contributed by atoms with Crippen LogP contribution in [0.4, 0.5) is 5.69 Å². The molecule has 8 heteroatoms. The number of carbonyl (C=O) groups is 2. The molecule has 1 saturated heterocycles. The molecule has 3 aromatic rings. The number of benzene rings is 1. The van der Waals surface area contributed by atoms with Crippen molar-refractivity contribution in [2.24, 2.45) is 0 Å². The molecule has 1 aliphatic heterocycles. The fourth-order valence-electron chi connectivity index (χ4n) is 4.05. The van der Waals surface area contributed by atoms with Crippen LogP contribution in [0.3, 0.4) is 0 Å². The summed E-state index contributed by atoms with van der Waals surface area (Å²) in [5, 5.41) is 16.4. The maximum absolute atomic E-state index is 12.6. The molecule has 4 rings (SSSR count). The summed E-state index contributed by atoms with van der Waals surface area (Å²) >= 11 is 0. The fraction of sp³-hybridized carbons (Fsp3) is 0.348. The van der Waals surface area contributed by atoms with Gasteiger partial charge in [-0.1, -0.05) is 12.1 Å². The minimum Gasteiger partial charge on any atom is -0.338 e. The van der Waals surface area contributed by atoms with Crippen LogP contribution in [-0.2, 0) is 22.6 Å². The number of carbonyl (C=O) groups excluding carboxylic acids is 2. The van der Waals surface area contributed by atoms with Crippen molar-refractivity contribution in [2.45, 2.75) is 46.1 Å². The van der Waals surface area contributed by atoms with Gasteiger partial charge in [0.05, 0.1) is 6.20 Å². The Hall–Kier alpha value is -3.73.